The van der Waals surface area contributed by atoms with Gasteiger partial charge < -0.3 is 19.7 Å². The highest BCUT2D eigenvalue weighted by Gasteiger charge is 2.46. The van der Waals surface area contributed by atoms with Crippen LogP contribution in [0, 0.1) is 10.1 Å². The van der Waals surface area contributed by atoms with E-state index in [9.17, 15) is 24.8 Å². The Balaban J connectivity index is 1.56. The molecule has 4 aromatic rings. The summed E-state index contributed by atoms with van der Waals surface area (Å²) in [5.41, 5.74) is 2.51. The van der Waals surface area contributed by atoms with E-state index in [1.807, 2.05) is 24.4 Å². The highest BCUT2D eigenvalue weighted by Crippen LogP contribution is 2.40. The highest BCUT2D eigenvalue weighted by atomic mass is 79.9. The molecule has 0 aliphatic carbocycles. The van der Waals surface area contributed by atoms with Crippen LogP contribution >= 0.6 is 15.9 Å². The van der Waals surface area contributed by atoms with E-state index in [-0.39, 0.29) is 23.6 Å². The van der Waals surface area contributed by atoms with E-state index in [0.717, 1.165) is 20.9 Å². The number of benzene rings is 3. The summed E-state index contributed by atoms with van der Waals surface area (Å²) in [6.45, 7) is 0.174. The molecule has 1 fully saturated rings. The zero-order chi connectivity index (χ0) is 27.0. The summed E-state index contributed by atoms with van der Waals surface area (Å²) in [4.78, 5) is 41.8. The number of nitro benzene ring substituents is 1. The third kappa shape index (κ3) is 4.54. The van der Waals surface area contributed by atoms with Gasteiger partial charge in [-0.15, -0.1) is 0 Å². The van der Waals surface area contributed by atoms with Crippen molar-refractivity contribution in [3.63, 3.8) is 0 Å². The van der Waals surface area contributed by atoms with Crippen molar-refractivity contribution in [2.24, 2.45) is 0 Å². The van der Waals surface area contributed by atoms with Gasteiger partial charge in [-0.25, -0.2) is 0 Å². The van der Waals surface area contributed by atoms with E-state index in [4.69, 9.17) is 4.74 Å². The van der Waals surface area contributed by atoms with Crippen molar-refractivity contribution in [2.75, 3.05) is 13.7 Å². The first-order valence-electron chi connectivity index (χ1n) is 11.7. The topological polar surface area (TPSA) is 126 Å². The third-order valence-electron chi connectivity index (χ3n) is 6.67. The van der Waals surface area contributed by atoms with E-state index < -0.39 is 22.7 Å². The molecular formula is C28H22BrN3O6. The lowest BCUT2D eigenvalue weighted by Crippen LogP contribution is -2.31. The van der Waals surface area contributed by atoms with Gasteiger partial charge in [-0.05, 0) is 60.0 Å². The number of aromatic nitrogens is 1. The van der Waals surface area contributed by atoms with Gasteiger partial charge in [0.05, 0.1) is 23.6 Å². The van der Waals surface area contributed by atoms with Crippen molar-refractivity contribution in [1.82, 2.24) is 9.88 Å². The van der Waals surface area contributed by atoms with Crippen LogP contribution in [0.25, 0.3) is 16.7 Å². The Morgan fingerprint density at radius 2 is 1.82 bits per heavy atom. The molecule has 1 saturated heterocycles. The number of nitrogens with zero attached hydrogens (tertiary/aromatic N) is 2. The number of nitro groups is 1. The number of ketones is 1. The molecule has 0 saturated carbocycles. The number of rotatable bonds is 7. The number of aliphatic hydroxyl groups is 1. The maximum absolute atomic E-state index is 13.3. The molecule has 0 spiro atoms. The number of aliphatic hydroxyl groups excluding tert-OH is 1. The van der Waals surface area contributed by atoms with Crippen molar-refractivity contribution < 1.29 is 24.4 Å². The van der Waals surface area contributed by atoms with E-state index >= 15 is 0 Å². The predicted octanol–water partition coefficient (Wildman–Crippen LogP) is 5.51. The average Bonchev–Trinajstić information content (AvgIpc) is 3.44. The maximum Gasteiger partial charge on any atom is 0.295 e. The van der Waals surface area contributed by atoms with Crippen molar-refractivity contribution in [2.45, 2.75) is 12.5 Å². The molecule has 0 bridgehead atoms. The molecule has 2 heterocycles. The minimum absolute atomic E-state index is 0.0632. The van der Waals surface area contributed by atoms with E-state index in [1.54, 1.807) is 31.4 Å². The van der Waals surface area contributed by atoms with Crippen molar-refractivity contribution in [1.29, 1.82) is 0 Å². The summed E-state index contributed by atoms with van der Waals surface area (Å²) >= 11 is 3.35. The van der Waals surface area contributed by atoms with E-state index in [2.05, 4.69) is 20.9 Å². The Kier molecular flexibility index (Phi) is 6.73. The smallest absolute Gasteiger partial charge is 0.295 e. The highest BCUT2D eigenvalue weighted by molar-refractivity contribution is 9.10. The quantitative estimate of drug-likeness (QED) is 0.0983. The second-order valence-corrected chi connectivity index (χ2v) is 9.74. The average molecular weight is 576 g/mol. The largest absolute Gasteiger partial charge is 0.507 e. The molecule has 1 aliphatic heterocycles. The molecule has 1 amide bonds. The Bertz CT molecular complexity index is 1590. The number of ether oxygens (including phenoxy) is 1. The predicted molar refractivity (Wildman–Crippen MR) is 145 cm³/mol. The molecule has 9 nitrogen and oxygen atoms in total. The van der Waals surface area contributed by atoms with Gasteiger partial charge in [-0.1, -0.05) is 28.1 Å². The summed E-state index contributed by atoms with van der Waals surface area (Å²) in [6.07, 6.45) is 2.27. The summed E-state index contributed by atoms with van der Waals surface area (Å²) in [7, 11) is 1.59. The van der Waals surface area contributed by atoms with Gasteiger partial charge in [0.1, 0.15) is 11.5 Å². The molecule has 2 N–H and O–H groups in total. The van der Waals surface area contributed by atoms with Gasteiger partial charge in [0.25, 0.3) is 17.4 Å². The van der Waals surface area contributed by atoms with Crippen LogP contribution in [0.3, 0.4) is 0 Å². The first kappa shape index (κ1) is 25.2. The molecule has 0 radical (unpaired) electrons. The summed E-state index contributed by atoms with van der Waals surface area (Å²) in [5.74, 6) is -1.17. The third-order valence-corrected chi connectivity index (χ3v) is 7.20. The number of carbonyl (C=O) groups is 2. The number of hydrogen-bond donors (Lipinski definition) is 2. The standard InChI is InChI=1S/C28H22BrN3O6/c1-38-21-10-11-23-22(14-21)18(15-30-23)12-13-31-25(16-4-8-20(9-5-16)32(36)37)24(27(34)28(31)35)26(33)17-2-6-19(29)7-3-17/h2-11,14-15,25,30,33H,12-13H2,1H3/t25-/m1/s1. The zero-order valence-corrected chi connectivity index (χ0v) is 21.8. The monoisotopic (exact) mass is 575 g/mol. The van der Waals surface area contributed by atoms with Gasteiger partial charge in [0, 0.05) is 45.8 Å². The van der Waals surface area contributed by atoms with Gasteiger partial charge in [0.2, 0.25) is 0 Å². The van der Waals surface area contributed by atoms with Crippen LogP contribution in [0.15, 0.2) is 83.0 Å². The molecular weight excluding hydrogens is 554 g/mol. The number of H-pyrrole nitrogens is 1. The van der Waals surface area contributed by atoms with Crippen LogP contribution in [-0.2, 0) is 16.0 Å². The number of methoxy groups -OCH3 is 1. The number of amides is 1. The SMILES string of the molecule is COc1ccc2[nH]cc(CCN3C(=O)C(=O)C(=C(O)c4ccc(Br)cc4)[C@H]3c3ccc([N+](=O)[O-])cc3)c2c1. The van der Waals surface area contributed by atoms with Crippen LogP contribution in [0.5, 0.6) is 5.75 Å². The Hall–Kier alpha value is -4.44. The molecule has 1 aromatic heterocycles. The number of aromatic amines is 1. The van der Waals surface area contributed by atoms with Gasteiger partial charge >= 0.3 is 0 Å². The fourth-order valence-corrected chi connectivity index (χ4v) is 5.00. The molecule has 10 heteroatoms. The number of Topliss-reactive ketones (excluding diaryl/α,β-unsaturated/α-hetero) is 1. The lowest BCUT2D eigenvalue weighted by atomic mass is 9.95. The number of non-ortho nitro benzene ring substituents is 1. The lowest BCUT2D eigenvalue weighted by molar-refractivity contribution is -0.384. The fourth-order valence-electron chi connectivity index (χ4n) is 4.73. The number of likely N-dealkylation sites (tertiary alicyclic amines) is 1. The van der Waals surface area contributed by atoms with E-state index in [0.29, 0.717) is 23.3 Å². The van der Waals surface area contributed by atoms with Crippen LogP contribution in [0.4, 0.5) is 5.69 Å². The number of halogens is 1. The molecule has 38 heavy (non-hydrogen) atoms. The van der Waals surface area contributed by atoms with Gasteiger partial charge in [-0.3, -0.25) is 19.7 Å². The zero-order valence-electron chi connectivity index (χ0n) is 20.2. The van der Waals surface area contributed by atoms with Crippen LogP contribution < -0.4 is 4.74 Å². The second kappa shape index (κ2) is 10.1. The molecule has 5 rings (SSSR count). The fraction of sp³-hybridized carbons (Fsp3) is 0.143. The first-order chi connectivity index (χ1) is 18.3. The Morgan fingerprint density at radius 1 is 1.11 bits per heavy atom. The van der Waals surface area contributed by atoms with Gasteiger partial charge in [0.15, 0.2) is 0 Å². The minimum Gasteiger partial charge on any atom is -0.507 e. The number of carbonyl (C=O) groups excluding carboxylic acids is 2. The molecule has 1 aliphatic rings. The maximum atomic E-state index is 13.3. The normalized spacial score (nSPS) is 16.8. The number of hydrogen-bond acceptors (Lipinski definition) is 6. The van der Waals surface area contributed by atoms with E-state index in [1.165, 1.54) is 29.2 Å². The second-order valence-electron chi connectivity index (χ2n) is 8.82. The van der Waals surface area contributed by atoms with Crippen LogP contribution in [0.1, 0.15) is 22.7 Å². The Labute approximate surface area is 225 Å². The number of fused-ring (bicyclic) bond motifs is 1. The Morgan fingerprint density at radius 3 is 2.47 bits per heavy atom. The molecule has 1 atom stereocenters. The van der Waals surface area contributed by atoms with Crippen molar-refractivity contribution in [3.05, 3.63) is 110 Å². The van der Waals surface area contributed by atoms with Crippen molar-refractivity contribution >= 4 is 50.0 Å². The summed E-state index contributed by atoms with van der Waals surface area (Å²) in [5, 5.41) is 23.3. The van der Waals surface area contributed by atoms with Crippen LogP contribution in [-0.4, -0.2) is 45.3 Å². The summed E-state index contributed by atoms with van der Waals surface area (Å²) < 4.78 is 6.13. The lowest BCUT2D eigenvalue weighted by Gasteiger charge is -2.25. The van der Waals surface area contributed by atoms with Crippen LogP contribution in [0.2, 0.25) is 0 Å². The number of nitrogens with one attached hydrogen (secondary N) is 1. The molecule has 0 unspecified atom stereocenters. The molecule has 192 valence electrons. The molecule has 3 aromatic carbocycles. The van der Waals surface area contributed by atoms with Gasteiger partial charge in [-0.2, -0.15) is 0 Å². The minimum atomic E-state index is -0.917. The van der Waals surface area contributed by atoms with Crippen molar-refractivity contribution in [3.8, 4) is 5.75 Å². The first-order valence-corrected chi connectivity index (χ1v) is 12.5. The summed E-state index contributed by atoms with van der Waals surface area (Å²) in [6, 6.07) is 17.1.